The Balaban J connectivity index is 1.54. The molecule has 2 heterocycles. The fraction of sp³-hybridized carbons (Fsp3) is 0.316. The molecule has 1 aromatic heterocycles. The monoisotopic (exact) mass is 479 g/mol. The van der Waals surface area contributed by atoms with Gasteiger partial charge in [0, 0.05) is 34.1 Å². The summed E-state index contributed by atoms with van der Waals surface area (Å²) in [5.41, 5.74) is 7.43. The van der Waals surface area contributed by atoms with Crippen LogP contribution in [0.25, 0.3) is 0 Å². The summed E-state index contributed by atoms with van der Waals surface area (Å²) in [6.07, 6.45) is 5.32. The molecule has 3 N–H and O–H groups in total. The van der Waals surface area contributed by atoms with Crippen molar-refractivity contribution in [3.05, 3.63) is 51.7 Å². The first-order valence-electron chi connectivity index (χ1n) is 8.84. The van der Waals surface area contributed by atoms with Crippen molar-refractivity contribution in [1.82, 2.24) is 4.98 Å². The van der Waals surface area contributed by atoms with Gasteiger partial charge in [-0.05, 0) is 78.3 Å². The van der Waals surface area contributed by atoms with Crippen LogP contribution in [0.4, 0.5) is 11.5 Å². The number of rotatable bonds is 6. The number of nitrogens with zero attached hydrogens (tertiary/aromatic N) is 3. The van der Waals surface area contributed by atoms with Crippen molar-refractivity contribution >= 4 is 45.8 Å². The number of pyridine rings is 1. The molecular formula is C19H22IN5O2. The van der Waals surface area contributed by atoms with Gasteiger partial charge in [0.05, 0.1) is 0 Å². The number of amidine groups is 1. The Bertz CT molecular complexity index is 804. The zero-order chi connectivity index (χ0) is 19.1. The maximum Gasteiger partial charge on any atom is 0.265 e. The van der Waals surface area contributed by atoms with Crippen LogP contribution in [-0.4, -0.2) is 36.4 Å². The molecule has 0 unspecified atom stereocenters. The first-order valence-corrected chi connectivity index (χ1v) is 9.92. The van der Waals surface area contributed by atoms with E-state index in [0.717, 1.165) is 28.0 Å². The van der Waals surface area contributed by atoms with Crippen LogP contribution in [0.2, 0.25) is 0 Å². The molecule has 0 atom stereocenters. The van der Waals surface area contributed by atoms with Crippen molar-refractivity contribution in [2.75, 3.05) is 29.9 Å². The number of nitrogens with two attached hydrogens (primary N) is 1. The lowest BCUT2D eigenvalue weighted by Crippen LogP contribution is -2.30. The molecule has 1 saturated heterocycles. The molecular weight excluding hydrogens is 457 g/mol. The molecule has 8 heteroatoms. The maximum absolute atomic E-state index is 11.9. The average molecular weight is 479 g/mol. The Morgan fingerprint density at radius 1 is 1.22 bits per heavy atom. The minimum absolute atomic E-state index is 0.212. The van der Waals surface area contributed by atoms with Gasteiger partial charge in [-0.25, -0.2) is 4.98 Å². The summed E-state index contributed by atoms with van der Waals surface area (Å²) in [5, 5.41) is 6.60. The molecule has 27 heavy (non-hydrogen) atoms. The number of piperidine rings is 1. The normalized spacial score (nSPS) is 14.7. The van der Waals surface area contributed by atoms with Crippen LogP contribution in [0.1, 0.15) is 24.8 Å². The third-order valence-corrected chi connectivity index (χ3v) is 4.93. The summed E-state index contributed by atoms with van der Waals surface area (Å²) in [6, 6.07) is 11.2. The lowest BCUT2D eigenvalue weighted by atomic mass is 10.1. The molecule has 0 bridgehead atoms. The Hall–Kier alpha value is -2.36. The molecule has 3 rings (SSSR count). The summed E-state index contributed by atoms with van der Waals surface area (Å²) in [4.78, 5) is 23.7. The number of carbonyl (C=O) groups is 1. The highest BCUT2D eigenvalue weighted by Gasteiger charge is 2.13. The summed E-state index contributed by atoms with van der Waals surface area (Å²) in [5.74, 6) is 0.816. The van der Waals surface area contributed by atoms with Crippen molar-refractivity contribution in [1.29, 1.82) is 0 Å². The van der Waals surface area contributed by atoms with E-state index in [4.69, 9.17) is 10.6 Å². The van der Waals surface area contributed by atoms with E-state index >= 15 is 0 Å². The molecule has 2 aromatic rings. The highest BCUT2D eigenvalue weighted by Crippen LogP contribution is 2.18. The second-order valence-electron chi connectivity index (χ2n) is 6.26. The van der Waals surface area contributed by atoms with Crippen molar-refractivity contribution in [2.45, 2.75) is 19.3 Å². The van der Waals surface area contributed by atoms with Gasteiger partial charge < -0.3 is 20.8 Å². The van der Waals surface area contributed by atoms with E-state index < -0.39 is 0 Å². The Labute approximate surface area is 172 Å². The molecule has 1 aromatic carbocycles. The molecule has 1 fully saturated rings. The van der Waals surface area contributed by atoms with Gasteiger partial charge in [-0.3, -0.25) is 4.79 Å². The second kappa shape index (κ2) is 9.54. The summed E-state index contributed by atoms with van der Waals surface area (Å²) >= 11 is 2.21. The van der Waals surface area contributed by atoms with Crippen LogP contribution < -0.4 is 16.0 Å². The summed E-state index contributed by atoms with van der Waals surface area (Å²) in [7, 11) is 0. The van der Waals surface area contributed by atoms with Gasteiger partial charge in [0.1, 0.15) is 5.82 Å². The molecule has 0 radical (unpaired) electrons. The van der Waals surface area contributed by atoms with E-state index in [0.29, 0.717) is 5.69 Å². The van der Waals surface area contributed by atoms with Gasteiger partial charge in [-0.2, -0.15) is 0 Å². The van der Waals surface area contributed by atoms with E-state index in [2.05, 4.69) is 42.9 Å². The van der Waals surface area contributed by atoms with Crippen LogP contribution in [0.3, 0.4) is 0 Å². The maximum atomic E-state index is 11.9. The van der Waals surface area contributed by atoms with E-state index in [1.807, 2.05) is 30.3 Å². The van der Waals surface area contributed by atoms with E-state index in [1.54, 1.807) is 12.3 Å². The second-order valence-corrected chi connectivity index (χ2v) is 7.50. The van der Waals surface area contributed by atoms with Crippen LogP contribution in [0, 0.1) is 3.57 Å². The van der Waals surface area contributed by atoms with E-state index in [-0.39, 0.29) is 18.3 Å². The number of aromatic nitrogens is 1. The molecule has 1 aliphatic rings. The SMILES string of the molecule is N/C(=N\OCC(=O)Nc1ccc(I)cc1)c1ccnc(N2CCCCC2)c1. The summed E-state index contributed by atoms with van der Waals surface area (Å²) < 4.78 is 1.10. The Kier molecular flexibility index (Phi) is 6.86. The fourth-order valence-electron chi connectivity index (χ4n) is 2.82. The summed E-state index contributed by atoms with van der Waals surface area (Å²) in [6.45, 7) is 1.79. The van der Waals surface area contributed by atoms with Crippen molar-refractivity contribution in [2.24, 2.45) is 10.9 Å². The lowest BCUT2D eigenvalue weighted by molar-refractivity contribution is -0.120. The predicted molar refractivity (Wildman–Crippen MR) is 115 cm³/mol. The smallest absolute Gasteiger partial charge is 0.265 e. The zero-order valence-electron chi connectivity index (χ0n) is 14.9. The quantitative estimate of drug-likeness (QED) is 0.288. The number of halogens is 1. The van der Waals surface area contributed by atoms with Crippen LogP contribution in [0.15, 0.2) is 47.8 Å². The third kappa shape index (κ3) is 5.81. The first kappa shape index (κ1) is 19.4. The predicted octanol–water partition coefficient (Wildman–Crippen LogP) is 2.95. The van der Waals surface area contributed by atoms with Gasteiger partial charge in [0.25, 0.3) is 5.91 Å². The Morgan fingerprint density at radius 3 is 2.70 bits per heavy atom. The zero-order valence-corrected chi connectivity index (χ0v) is 17.1. The number of carbonyl (C=O) groups excluding carboxylic acids is 1. The number of benzene rings is 1. The van der Waals surface area contributed by atoms with Crippen LogP contribution in [0.5, 0.6) is 0 Å². The highest BCUT2D eigenvalue weighted by atomic mass is 127. The van der Waals surface area contributed by atoms with Gasteiger partial charge >= 0.3 is 0 Å². The molecule has 0 spiro atoms. The minimum Gasteiger partial charge on any atom is -0.384 e. The van der Waals surface area contributed by atoms with Gasteiger partial charge in [0.2, 0.25) is 0 Å². The van der Waals surface area contributed by atoms with Gasteiger partial charge in [0.15, 0.2) is 12.4 Å². The van der Waals surface area contributed by atoms with E-state index in [1.165, 1.54) is 19.3 Å². The topological polar surface area (TPSA) is 92.8 Å². The molecule has 0 aliphatic carbocycles. The third-order valence-electron chi connectivity index (χ3n) is 4.21. The highest BCUT2D eigenvalue weighted by molar-refractivity contribution is 14.1. The number of amides is 1. The molecule has 1 amide bonds. The molecule has 142 valence electrons. The van der Waals surface area contributed by atoms with Crippen molar-refractivity contribution in [3.63, 3.8) is 0 Å². The van der Waals surface area contributed by atoms with Crippen molar-refractivity contribution in [3.8, 4) is 0 Å². The molecule has 1 aliphatic heterocycles. The average Bonchev–Trinajstić information content (AvgIpc) is 2.70. The standard InChI is InChI=1S/C19H22IN5O2/c20-15-4-6-16(7-5-15)23-18(26)13-27-24-19(21)14-8-9-22-17(12-14)25-10-2-1-3-11-25/h4-9,12H,1-3,10-11,13H2,(H2,21,24)(H,23,26). The fourth-order valence-corrected chi connectivity index (χ4v) is 3.18. The minimum atomic E-state index is -0.295. The van der Waals surface area contributed by atoms with E-state index in [9.17, 15) is 4.79 Å². The first-order chi connectivity index (χ1) is 13.1. The number of oxime groups is 1. The lowest BCUT2D eigenvalue weighted by Gasteiger charge is -2.27. The largest absolute Gasteiger partial charge is 0.384 e. The van der Waals surface area contributed by atoms with Crippen LogP contribution >= 0.6 is 22.6 Å². The molecule has 0 saturated carbocycles. The van der Waals surface area contributed by atoms with Gasteiger partial charge in [-0.1, -0.05) is 5.16 Å². The van der Waals surface area contributed by atoms with Crippen LogP contribution in [-0.2, 0) is 9.63 Å². The number of hydrogen-bond donors (Lipinski definition) is 2. The van der Waals surface area contributed by atoms with Gasteiger partial charge in [-0.15, -0.1) is 0 Å². The number of hydrogen-bond acceptors (Lipinski definition) is 5. The number of anilines is 2. The molecule has 7 nitrogen and oxygen atoms in total. The number of nitrogens with one attached hydrogen (secondary N) is 1. The van der Waals surface area contributed by atoms with Crippen molar-refractivity contribution < 1.29 is 9.63 Å². The Morgan fingerprint density at radius 2 is 1.96 bits per heavy atom.